The standard InChI is InChI=1S/C22H27N3O4S2/c1-25(17-8-4-3-5-9-17)31(27,28)18-14-12-16(13-15-18)23-22(30)24-21(26)19-10-6-7-11-20(19)29-2/h6-7,10-15,17H,3-5,8-9H2,1-2H3,(H2,23,24,26,30). The summed E-state index contributed by atoms with van der Waals surface area (Å²) in [5.41, 5.74) is 0.936. The highest BCUT2D eigenvalue weighted by molar-refractivity contribution is 7.89. The fourth-order valence-electron chi connectivity index (χ4n) is 3.68. The Morgan fingerprint density at radius 2 is 1.71 bits per heavy atom. The molecule has 0 spiro atoms. The van der Waals surface area contributed by atoms with Crippen molar-refractivity contribution in [2.45, 2.75) is 43.0 Å². The lowest BCUT2D eigenvalue weighted by molar-refractivity contribution is 0.0974. The summed E-state index contributed by atoms with van der Waals surface area (Å²) in [6, 6.07) is 13.2. The van der Waals surface area contributed by atoms with Crippen molar-refractivity contribution in [2.75, 3.05) is 19.5 Å². The van der Waals surface area contributed by atoms with Crippen molar-refractivity contribution >= 4 is 38.9 Å². The van der Waals surface area contributed by atoms with Crippen LogP contribution < -0.4 is 15.4 Å². The van der Waals surface area contributed by atoms with Gasteiger partial charge in [0.2, 0.25) is 10.0 Å². The SMILES string of the molecule is COc1ccccc1C(=O)NC(=S)Nc1ccc(S(=O)(=O)N(C)C2CCCCC2)cc1. The van der Waals surface area contributed by atoms with Crippen LogP contribution in [0.3, 0.4) is 0 Å². The second-order valence-electron chi connectivity index (χ2n) is 7.45. The molecule has 1 saturated carbocycles. The summed E-state index contributed by atoms with van der Waals surface area (Å²) in [4.78, 5) is 12.7. The Morgan fingerprint density at radius 1 is 1.06 bits per heavy atom. The number of sulfonamides is 1. The van der Waals surface area contributed by atoms with Crippen LogP contribution in [0.2, 0.25) is 0 Å². The Labute approximate surface area is 188 Å². The summed E-state index contributed by atoms with van der Waals surface area (Å²) in [7, 11) is -0.415. The molecular formula is C22H27N3O4S2. The maximum atomic E-state index is 12.9. The molecule has 1 amide bonds. The summed E-state index contributed by atoms with van der Waals surface area (Å²) >= 11 is 5.21. The van der Waals surface area contributed by atoms with Crippen molar-refractivity contribution in [3.63, 3.8) is 0 Å². The van der Waals surface area contributed by atoms with Crippen molar-refractivity contribution in [1.82, 2.24) is 9.62 Å². The highest BCUT2D eigenvalue weighted by Crippen LogP contribution is 2.27. The molecule has 2 aromatic carbocycles. The van der Waals surface area contributed by atoms with Crippen molar-refractivity contribution in [3.05, 3.63) is 54.1 Å². The van der Waals surface area contributed by atoms with Gasteiger partial charge >= 0.3 is 0 Å². The molecule has 0 aliphatic heterocycles. The first-order chi connectivity index (χ1) is 14.8. The number of rotatable bonds is 6. The van der Waals surface area contributed by atoms with Gasteiger partial charge in [-0.25, -0.2) is 8.42 Å². The summed E-state index contributed by atoms with van der Waals surface area (Å²) in [5.74, 6) is 0.0442. The third-order valence-electron chi connectivity index (χ3n) is 5.46. The van der Waals surface area contributed by atoms with Crippen LogP contribution in [0, 0.1) is 0 Å². The summed E-state index contributed by atoms with van der Waals surface area (Å²) in [5, 5.41) is 5.60. The Bertz CT molecular complexity index is 1030. The Balaban J connectivity index is 1.63. The summed E-state index contributed by atoms with van der Waals surface area (Å²) in [6.45, 7) is 0. The molecule has 0 bridgehead atoms. The summed E-state index contributed by atoms with van der Waals surface area (Å²) < 4.78 is 32.6. The molecule has 7 nitrogen and oxygen atoms in total. The number of hydrogen-bond donors (Lipinski definition) is 2. The molecule has 1 fully saturated rings. The van der Waals surface area contributed by atoms with Crippen LogP contribution in [0.25, 0.3) is 0 Å². The molecule has 2 N–H and O–H groups in total. The number of ether oxygens (including phenoxy) is 1. The van der Waals surface area contributed by atoms with E-state index in [0.717, 1.165) is 32.1 Å². The fraction of sp³-hybridized carbons (Fsp3) is 0.364. The van der Waals surface area contributed by atoms with Gasteiger partial charge < -0.3 is 10.1 Å². The van der Waals surface area contributed by atoms with E-state index in [0.29, 0.717) is 17.0 Å². The molecule has 166 valence electrons. The second kappa shape index (κ2) is 10.2. The van der Waals surface area contributed by atoms with E-state index in [-0.39, 0.29) is 16.0 Å². The monoisotopic (exact) mass is 461 g/mol. The molecule has 1 aliphatic carbocycles. The molecule has 2 aromatic rings. The number of nitrogens with zero attached hydrogens (tertiary/aromatic N) is 1. The Hall–Kier alpha value is -2.49. The van der Waals surface area contributed by atoms with E-state index in [2.05, 4.69) is 10.6 Å². The third kappa shape index (κ3) is 5.61. The normalized spacial score (nSPS) is 14.8. The largest absolute Gasteiger partial charge is 0.496 e. The molecule has 0 radical (unpaired) electrons. The van der Waals surface area contributed by atoms with Gasteiger partial charge in [-0.05, 0) is 61.5 Å². The van der Waals surface area contributed by atoms with Crippen LogP contribution in [-0.2, 0) is 10.0 Å². The maximum absolute atomic E-state index is 12.9. The molecule has 9 heteroatoms. The van der Waals surface area contributed by atoms with Gasteiger partial charge in [-0.2, -0.15) is 4.31 Å². The number of anilines is 1. The molecule has 0 unspecified atom stereocenters. The van der Waals surface area contributed by atoms with Gasteiger partial charge in [0.15, 0.2) is 5.11 Å². The summed E-state index contributed by atoms with van der Waals surface area (Å²) in [6.07, 6.45) is 5.08. The topological polar surface area (TPSA) is 87.7 Å². The van der Waals surface area contributed by atoms with Crippen molar-refractivity contribution < 1.29 is 17.9 Å². The van der Waals surface area contributed by atoms with Crippen molar-refractivity contribution in [2.24, 2.45) is 0 Å². The first kappa shape index (κ1) is 23.2. The predicted octanol–water partition coefficient (Wildman–Crippen LogP) is 3.78. The number of thiocarbonyl (C=S) groups is 1. The predicted molar refractivity (Wildman–Crippen MR) is 125 cm³/mol. The Kier molecular flexibility index (Phi) is 7.64. The van der Waals surface area contributed by atoms with E-state index in [9.17, 15) is 13.2 Å². The van der Waals surface area contributed by atoms with Crippen molar-refractivity contribution in [1.29, 1.82) is 0 Å². The number of para-hydroxylation sites is 1. The number of benzene rings is 2. The molecule has 31 heavy (non-hydrogen) atoms. The molecule has 0 aromatic heterocycles. The number of amides is 1. The van der Waals surface area contributed by atoms with E-state index >= 15 is 0 Å². The molecule has 0 atom stereocenters. The molecule has 0 saturated heterocycles. The zero-order valence-corrected chi connectivity index (χ0v) is 19.3. The lowest BCUT2D eigenvalue weighted by Crippen LogP contribution is -2.38. The van der Waals surface area contributed by atoms with E-state index in [1.54, 1.807) is 55.6 Å². The van der Waals surface area contributed by atoms with Crippen LogP contribution in [0.1, 0.15) is 42.5 Å². The number of hydrogen-bond acceptors (Lipinski definition) is 5. The minimum absolute atomic E-state index is 0.0503. The van der Waals surface area contributed by atoms with Gasteiger partial charge in [-0.15, -0.1) is 0 Å². The van der Waals surface area contributed by atoms with Gasteiger partial charge in [0.05, 0.1) is 17.6 Å². The van der Waals surface area contributed by atoms with Gasteiger partial charge in [0, 0.05) is 18.8 Å². The van der Waals surface area contributed by atoms with Crippen LogP contribution in [-0.4, -0.2) is 43.9 Å². The zero-order valence-electron chi connectivity index (χ0n) is 17.6. The zero-order chi connectivity index (χ0) is 22.4. The molecule has 3 rings (SSSR count). The molecule has 1 aliphatic rings. The Morgan fingerprint density at radius 3 is 2.35 bits per heavy atom. The number of methoxy groups -OCH3 is 1. The van der Waals surface area contributed by atoms with Crippen LogP contribution in [0.5, 0.6) is 5.75 Å². The molecule has 0 heterocycles. The van der Waals surface area contributed by atoms with Crippen LogP contribution in [0.15, 0.2) is 53.4 Å². The van der Waals surface area contributed by atoms with E-state index < -0.39 is 15.9 Å². The second-order valence-corrected chi connectivity index (χ2v) is 9.85. The van der Waals surface area contributed by atoms with E-state index in [4.69, 9.17) is 17.0 Å². The number of carbonyl (C=O) groups excluding carboxylic acids is 1. The highest BCUT2D eigenvalue weighted by Gasteiger charge is 2.28. The smallest absolute Gasteiger partial charge is 0.261 e. The van der Waals surface area contributed by atoms with Gasteiger partial charge in [0.25, 0.3) is 5.91 Å². The van der Waals surface area contributed by atoms with E-state index in [1.807, 2.05) is 0 Å². The number of nitrogens with one attached hydrogen (secondary N) is 2. The van der Waals surface area contributed by atoms with Crippen molar-refractivity contribution in [3.8, 4) is 5.75 Å². The molecular weight excluding hydrogens is 434 g/mol. The van der Waals surface area contributed by atoms with Gasteiger partial charge in [0.1, 0.15) is 5.75 Å². The minimum atomic E-state index is -3.56. The first-order valence-electron chi connectivity index (χ1n) is 10.2. The average molecular weight is 462 g/mol. The quantitative estimate of drug-likeness (QED) is 0.637. The van der Waals surface area contributed by atoms with Gasteiger partial charge in [-0.3, -0.25) is 10.1 Å². The third-order valence-corrected chi connectivity index (χ3v) is 7.59. The lowest BCUT2D eigenvalue weighted by Gasteiger charge is -2.30. The maximum Gasteiger partial charge on any atom is 0.261 e. The highest BCUT2D eigenvalue weighted by atomic mass is 32.2. The first-order valence-corrected chi connectivity index (χ1v) is 12.0. The fourth-order valence-corrected chi connectivity index (χ4v) is 5.31. The van der Waals surface area contributed by atoms with E-state index in [1.165, 1.54) is 11.4 Å². The average Bonchev–Trinajstić information content (AvgIpc) is 2.79. The van der Waals surface area contributed by atoms with Crippen LogP contribution in [0.4, 0.5) is 5.69 Å². The lowest BCUT2D eigenvalue weighted by atomic mass is 9.96. The minimum Gasteiger partial charge on any atom is -0.496 e. The van der Waals surface area contributed by atoms with Gasteiger partial charge in [-0.1, -0.05) is 31.4 Å². The number of carbonyl (C=O) groups is 1. The van der Waals surface area contributed by atoms with Crippen LogP contribution >= 0.6 is 12.2 Å².